The summed E-state index contributed by atoms with van der Waals surface area (Å²) in [6.45, 7) is 5.60. The number of rotatable bonds is 4. The van der Waals surface area contributed by atoms with Crippen molar-refractivity contribution in [3.8, 4) is 0 Å². The summed E-state index contributed by atoms with van der Waals surface area (Å²) in [5.41, 5.74) is 0.209. The lowest BCUT2D eigenvalue weighted by Crippen LogP contribution is -2.34. The molecule has 1 aromatic carbocycles. The Kier molecular flexibility index (Phi) is 6.25. The van der Waals surface area contributed by atoms with E-state index in [2.05, 4.69) is 33.2 Å². The van der Waals surface area contributed by atoms with Crippen LogP contribution in [0.1, 0.15) is 27.2 Å². The van der Waals surface area contributed by atoms with Crippen LogP contribution in [0.4, 0.5) is 10.5 Å². The summed E-state index contributed by atoms with van der Waals surface area (Å²) in [7, 11) is 0. The molecule has 0 aliphatic rings. The molecule has 0 heterocycles. The first-order valence-corrected chi connectivity index (χ1v) is 7.36. The average Bonchev–Trinajstić information content (AvgIpc) is 2.29. The second kappa shape index (κ2) is 7.47. The highest BCUT2D eigenvalue weighted by molar-refractivity contribution is 14.1. The number of hydrogen-bond acceptors (Lipinski definition) is 3. The summed E-state index contributed by atoms with van der Waals surface area (Å²) < 4.78 is 6.17. The van der Waals surface area contributed by atoms with Crippen molar-refractivity contribution in [1.29, 1.82) is 0 Å². The Morgan fingerprint density at radius 1 is 1.20 bits per heavy atom. The van der Waals surface area contributed by atoms with Crippen LogP contribution < -0.4 is 10.6 Å². The number of benzene rings is 1. The van der Waals surface area contributed by atoms with E-state index < -0.39 is 11.7 Å². The second-order valence-electron chi connectivity index (χ2n) is 5.23. The summed E-state index contributed by atoms with van der Waals surface area (Å²) in [5, 5.41) is 5.30. The quantitative estimate of drug-likeness (QED) is 0.777. The smallest absolute Gasteiger partial charge is 0.407 e. The van der Waals surface area contributed by atoms with Crippen molar-refractivity contribution < 1.29 is 14.3 Å². The van der Waals surface area contributed by atoms with Crippen LogP contribution in [-0.4, -0.2) is 24.1 Å². The first-order chi connectivity index (χ1) is 9.26. The van der Waals surface area contributed by atoms with E-state index in [0.29, 0.717) is 0 Å². The van der Waals surface area contributed by atoms with Crippen molar-refractivity contribution in [1.82, 2.24) is 5.32 Å². The molecule has 0 bridgehead atoms. The van der Waals surface area contributed by atoms with Gasteiger partial charge in [-0.2, -0.15) is 0 Å². The fraction of sp³-hybridized carbons (Fsp3) is 0.429. The molecule has 2 N–H and O–H groups in total. The number of ether oxygens (including phenoxy) is 1. The maximum absolute atomic E-state index is 11.7. The zero-order valence-corrected chi connectivity index (χ0v) is 14.0. The van der Waals surface area contributed by atoms with Crippen molar-refractivity contribution in [2.24, 2.45) is 0 Å². The number of anilines is 1. The van der Waals surface area contributed by atoms with Crippen LogP contribution in [0.5, 0.6) is 0 Å². The molecule has 0 aliphatic carbocycles. The van der Waals surface area contributed by atoms with Crippen LogP contribution in [0.2, 0.25) is 0 Å². The van der Waals surface area contributed by atoms with Crippen molar-refractivity contribution in [2.75, 3.05) is 11.9 Å². The zero-order chi connectivity index (χ0) is 15.2. The molecule has 2 amide bonds. The fourth-order valence-electron chi connectivity index (χ4n) is 1.35. The van der Waals surface area contributed by atoms with Crippen LogP contribution in [0, 0.1) is 3.57 Å². The molecular weight excluding hydrogens is 371 g/mol. The number of carbonyl (C=O) groups is 2. The lowest BCUT2D eigenvalue weighted by molar-refractivity contribution is -0.116. The molecule has 0 unspecified atom stereocenters. The van der Waals surface area contributed by atoms with Gasteiger partial charge in [0.2, 0.25) is 5.91 Å². The van der Waals surface area contributed by atoms with Gasteiger partial charge >= 0.3 is 6.09 Å². The van der Waals surface area contributed by atoms with Crippen LogP contribution in [0.3, 0.4) is 0 Å². The molecule has 0 spiro atoms. The van der Waals surface area contributed by atoms with Gasteiger partial charge in [0.25, 0.3) is 0 Å². The molecule has 0 aromatic heterocycles. The zero-order valence-electron chi connectivity index (χ0n) is 11.8. The van der Waals surface area contributed by atoms with Gasteiger partial charge in [0.1, 0.15) is 5.60 Å². The average molecular weight is 390 g/mol. The van der Waals surface area contributed by atoms with E-state index >= 15 is 0 Å². The van der Waals surface area contributed by atoms with Gasteiger partial charge in [0.05, 0.1) is 0 Å². The van der Waals surface area contributed by atoms with E-state index in [1.165, 1.54) is 0 Å². The van der Waals surface area contributed by atoms with Crippen LogP contribution in [0.15, 0.2) is 24.3 Å². The molecule has 5 nitrogen and oxygen atoms in total. The van der Waals surface area contributed by atoms with Crippen molar-refractivity contribution in [3.05, 3.63) is 27.8 Å². The number of carbonyl (C=O) groups excluding carboxylic acids is 2. The van der Waals surface area contributed by atoms with E-state index in [1.54, 1.807) is 20.8 Å². The highest BCUT2D eigenvalue weighted by Gasteiger charge is 2.15. The molecular formula is C14H19IN2O3. The van der Waals surface area contributed by atoms with Crippen molar-refractivity contribution in [2.45, 2.75) is 32.8 Å². The van der Waals surface area contributed by atoms with Gasteiger partial charge in [0.15, 0.2) is 0 Å². The molecule has 6 heteroatoms. The molecule has 1 rings (SSSR count). The normalized spacial score (nSPS) is 10.8. The summed E-state index contributed by atoms with van der Waals surface area (Å²) in [5.74, 6) is -0.151. The Hall–Kier alpha value is -1.31. The number of nitrogens with one attached hydrogen (secondary N) is 2. The Bertz CT molecular complexity index is 466. The summed E-state index contributed by atoms with van der Waals surface area (Å²) >= 11 is 2.20. The standard InChI is InChI=1S/C14H19IN2O3/c1-14(2,3)20-13(19)16-9-8-12(18)17-11-6-4-10(15)5-7-11/h4-7H,8-9H2,1-3H3,(H,16,19)(H,17,18). The van der Waals surface area contributed by atoms with Crippen LogP contribution in [0.25, 0.3) is 0 Å². The van der Waals surface area contributed by atoms with Crippen molar-refractivity contribution in [3.63, 3.8) is 0 Å². The van der Waals surface area contributed by atoms with Gasteiger partial charge in [-0.1, -0.05) is 0 Å². The molecule has 0 atom stereocenters. The maximum atomic E-state index is 11.7. The summed E-state index contributed by atoms with van der Waals surface area (Å²) in [6.07, 6.45) is -0.315. The molecule has 0 fully saturated rings. The van der Waals surface area contributed by atoms with Crippen LogP contribution in [-0.2, 0) is 9.53 Å². The Morgan fingerprint density at radius 3 is 2.35 bits per heavy atom. The lowest BCUT2D eigenvalue weighted by atomic mass is 10.2. The largest absolute Gasteiger partial charge is 0.444 e. The molecule has 110 valence electrons. The fourth-order valence-corrected chi connectivity index (χ4v) is 1.71. The van der Waals surface area contributed by atoms with Crippen molar-refractivity contribution >= 4 is 40.3 Å². The van der Waals surface area contributed by atoms with Gasteiger partial charge in [-0.25, -0.2) is 4.79 Å². The monoisotopic (exact) mass is 390 g/mol. The van der Waals surface area contributed by atoms with E-state index in [1.807, 2.05) is 24.3 Å². The van der Waals surface area contributed by atoms with E-state index in [0.717, 1.165) is 9.26 Å². The molecule has 1 aromatic rings. The molecule has 0 saturated heterocycles. The highest BCUT2D eigenvalue weighted by Crippen LogP contribution is 2.11. The third kappa shape index (κ3) is 7.32. The predicted molar refractivity (Wildman–Crippen MR) is 86.6 cm³/mol. The lowest BCUT2D eigenvalue weighted by Gasteiger charge is -2.19. The van der Waals surface area contributed by atoms with Gasteiger partial charge in [-0.05, 0) is 67.6 Å². The first kappa shape index (κ1) is 16.7. The minimum atomic E-state index is -0.534. The second-order valence-corrected chi connectivity index (χ2v) is 6.48. The molecule has 20 heavy (non-hydrogen) atoms. The minimum Gasteiger partial charge on any atom is -0.444 e. The van der Waals surface area contributed by atoms with Gasteiger partial charge in [-0.15, -0.1) is 0 Å². The predicted octanol–water partition coefficient (Wildman–Crippen LogP) is 3.14. The Labute approximate surface area is 132 Å². The topological polar surface area (TPSA) is 67.4 Å². The first-order valence-electron chi connectivity index (χ1n) is 6.28. The number of hydrogen-bond donors (Lipinski definition) is 2. The van der Waals surface area contributed by atoms with Gasteiger partial charge in [0, 0.05) is 22.2 Å². The Morgan fingerprint density at radius 2 is 1.80 bits per heavy atom. The SMILES string of the molecule is CC(C)(C)OC(=O)NCCC(=O)Nc1ccc(I)cc1. The third-order valence-corrected chi connectivity index (χ3v) is 2.87. The Balaban J connectivity index is 2.27. The van der Waals surface area contributed by atoms with E-state index in [-0.39, 0.29) is 18.9 Å². The summed E-state index contributed by atoms with van der Waals surface area (Å²) in [6, 6.07) is 7.49. The summed E-state index contributed by atoms with van der Waals surface area (Å²) in [4.78, 5) is 23.0. The highest BCUT2D eigenvalue weighted by atomic mass is 127. The molecule has 0 saturated carbocycles. The van der Waals surface area contributed by atoms with E-state index in [9.17, 15) is 9.59 Å². The van der Waals surface area contributed by atoms with E-state index in [4.69, 9.17) is 4.74 Å². The third-order valence-electron chi connectivity index (χ3n) is 2.15. The number of amides is 2. The molecule has 0 radical (unpaired) electrons. The minimum absolute atomic E-state index is 0.151. The number of alkyl carbamates (subject to hydrolysis) is 1. The van der Waals surface area contributed by atoms with Gasteiger partial charge in [-0.3, -0.25) is 4.79 Å². The number of halogens is 1. The van der Waals surface area contributed by atoms with Crippen LogP contribution >= 0.6 is 22.6 Å². The maximum Gasteiger partial charge on any atom is 0.407 e. The molecule has 0 aliphatic heterocycles. The van der Waals surface area contributed by atoms with Gasteiger partial charge < -0.3 is 15.4 Å².